The van der Waals surface area contributed by atoms with Gasteiger partial charge in [0.05, 0.1) is 12.0 Å². The molecule has 28 heavy (non-hydrogen) atoms. The predicted octanol–water partition coefficient (Wildman–Crippen LogP) is 3.23. The van der Waals surface area contributed by atoms with Gasteiger partial charge >= 0.3 is 6.18 Å². The number of anilines is 1. The lowest BCUT2D eigenvalue weighted by Gasteiger charge is -2.10. The maximum absolute atomic E-state index is 12.5. The van der Waals surface area contributed by atoms with Gasteiger partial charge in [0.25, 0.3) is 5.91 Å². The highest BCUT2D eigenvalue weighted by molar-refractivity contribution is 6.03. The molecule has 0 unspecified atom stereocenters. The van der Waals surface area contributed by atoms with Crippen LogP contribution in [0.25, 0.3) is 0 Å². The summed E-state index contributed by atoms with van der Waals surface area (Å²) in [6, 6.07) is 8.88. The minimum Gasteiger partial charge on any atom is -0.352 e. The quantitative estimate of drug-likeness (QED) is 0.798. The van der Waals surface area contributed by atoms with Crippen LogP contribution in [0.1, 0.15) is 38.3 Å². The zero-order chi connectivity index (χ0) is 20.5. The third-order valence-electron chi connectivity index (χ3n) is 4.59. The molecule has 0 aromatic heterocycles. The summed E-state index contributed by atoms with van der Waals surface area (Å²) in [4.78, 5) is 37.5. The molecule has 0 saturated heterocycles. The summed E-state index contributed by atoms with van der Waals surface area (Å²) in [6.07, 6.45) is -4.18. The lowest BCUT2D eigenvalue weighted by Crippen LogP contribution is -2.26. The molecule has 8 heteroatoms. The van der Waals surface area contributed by atoms with E-state index in [9.17, 15) is 27.6 Å². The van der Waals surface area contributed by atoms with Crippen LogP contribution in [0, 0.1) is 0 Å². The van der Waals surface area contributed by atoms with Gasteiger partial charge in [0, 0.05) is 36.8 Å². The standard InChI is InChI=1S/C20H17F3N2O3/c1-25-16-7-4-13(10-14(16)11-18(25)27)17(26)8-9-24-19(28)12-2-5-15(6-3-12)20(21,22)23/h2-7,10H,8-9,11H2,1H3,(H,24,28). The number of hydrogen-bond donors (Lipinski definition) is 1. The van der Waals surface area contributed by atoms with E-state index in [2.05, 4.69) is 5.32 Å². The van der Waals surface area contributed by atoms with Crippen LogP contribution in [-0.2, 0) is 17.4 Å². The molecule has 1 N–H and O–H groups in total. The first-order valence-electron chi connectivity index (χ1n) is 8.55. The van der Waals surface area contributed by atoms with Crippen molar-refractivity contribution in [1.29, 1.82) is 0 Å². The number of likely N-dealkylation sites (N-methyl/N-ethyl adjacent to an activating group) is 1. The van der Waals surface area contributed by atoms with Crippen molar-refractivity contribution in [3.05, 3.63) is 64.7 Å². The minimum absolute atomic E-state index is 0.0367. The smallest absolute Gasteiger partial charge is 0.352 e. The predicted molar refractivity (Wildman–Crippen MR) is 96.3 cm³/mol. The van der Waals surface area contributed by atoms with E-state index in [1.54, 1.807) is 25.2 Å². The number of benzene rings is 2. The third-order valence-corrected chi connectivity index (χ3v) is 4.59. The summed E-state index contributed by atoms with van der Waals surface area (Å²) in [7, 11) is 1.67. The summed E-state index contributed by atoms with van der Waals surface area (Å²) in [5, 5.41) is 2.52. The fourth-order valence-electron chi connectivity index (χ4n) is 2.99. The third kappa shape index (κ3) is 4.05. The average molecular weight is 390 g/mol. The Morgan fingerprint density at radius 3 is 2.36 bits per heavy atom. The van der Waals surface area contributed by atoms with E-state index in [1.165, 1.54) is 4.90 Å². The van der Waals surface area contributed by atoms with Gasteiger partial charge in [0.15, 0.2) is 5.78 Å². The van der Waals surface area contributed by atoms with Gasteiger partial charge in [0.2, 0.25) is 5.91 Å². The lowest BCUT2D eigenvalue weighted by atomic mass is 10.0. The molecule has 0 atom stereocenters. The Morgan fingerprint density at radius 1 is 1.07 bits per heavy atom. The highest BCUT2D eigenvalue weighted by Gasteiger charge is 2.30. The van der Waals surface area contributed by atoms with Gasteiger partial charge in [-0.1, -0.05) is 0 Å². The molecule has 0 radical (unpaired) electrons. The van der Waals surface area contributed by atoms with Crippen molar-refractivity contribution in [3.63, 3.8) is 0 Å². The first-order valence-corrected chi connectivity index (χ1v) is 8.55. The van der Waals surface area contributed by atoms with E-state index in [0.717, 1.165) is 35.5 Å². The molecular formula is C20H17F3N2O3. The van der Waals surface area contributed by atoms with Crippen LogP contribution in [0.5, 0.6) is 0 Å². The van der Waals surface area contributed by atoms with E-state index in [-0.39, 0.29) is 36.6 Å². The van der Waals surface area contributed by atoms with Crippen molar-refractivity contribution < 1.29 is 27.6 Å². The molecule has 2 aromatic rings. The van der Waals surface area contributed by atoms with Crippen LogP contribution < -0.4 is 10.2 Å². The Balaban J connectivity index is 1.55. The molecule has 2 amide bonds. The summed E-state index contributed by atoms with van der Waals surface area (Å²) in [5.74, 6) is -0.788. The summed E-state index contributed by atoms with van der Waals surface area (Å²) < 4.78 is 37.6. The highest BCUT2D eigenvalue weighted by atomic mass is 19.4. The Hall–Kier alpha value is -3.16. The van der Waals surface area contributed by atoms with Gasteiger partial charge in [-0.3, -0.25) is 14.4 Å². The first-order chi connectivity index (χ1) is 13.2. The highest BCUT2D eigenvalue weighted by Crippen LogP contribution is 2.29. The molecule has 0 fully saturated rings. The molecule has 0 bridgehead atoms. The number of alkyl halides is 3. The molecule has 0 aliphatic carbocycles. The molecule has 0 saturated carbocycles. The van der Waals surface area contributed by atoms with Crippen LogP contribution >= 0.6 is 0 Å². The van der Waals surface area contributed by atoms with Gasteiger partial charge in [-0.2, -0.15) is 13.2 Å². The molecule has 1 heterocycles. The van der Waals surface area contributed by atoms with E-state index in [0.29, 0.717) is 5.56 Å². The molecule has 3 rings (SSSR count). The Bertz CT molecular complexity index is 937. The second-order valence-electron chi connectivity index (χ2n) is 6.48. The number of carbonyl (C=O) groups excluding carboxylic acids is 3. The van der Waals surface area contributed by atoms with E-state index < -0.39 is 17.6 Å². The van der Waals surface area contributed by atoms with Gasteiger partial charge in [0.1, 0.15) is 0 Å². The van der Waals surface area contributed by atoms with Crippen molar-refractivity contribution in [2.24, 2.45) is 0 Å². The topological polar surface area (TPSA) is 66.5 Å². The number of nitrogens with one attached hydrogen (secondary N) is 1. The average Bonchev–Trinajstić information content (AvgIpc) is 2.94. The molecule has 146 valence electrons. The number of nitrogens with zero attached hydrogens (tertiary/aromatic N) is 1. The van der Waals surface area contributed by atoms with Crippen LogP contribution in [0.4, 0.5) is 18.9 Å². The number of ketones is 1. The molecule has 5 nitrogen and oxygen atoms in total. The minimum atomic E-state index is -4.46. The van der Waals surface area contributed by atoms with Crippen LogP contribution in [0.15, 0.2) is 42.5 Å². The largest absolute Gasteiger partial charge is 0.416 e. The Morgan fingerprint density at radius 2 is 1.71 bits per heavy atom. The fourth-order valence-corrected chi connectivity index (χ4v) is 2.99. The number of amides is 2. The van der Waals surface area contributed by atoms with Gasteiger partial charge < -0.3 is 10.2 Å². The normalized spacial score (nSPS) is 13.4. The van der Waals surface area contributed by atoms with Crippen molar-refractivity contribution >= 4 is 23.3 Å². The van der Waals surface area contributed by atoms with E-state index >= 15 is 0 Å². The Labute approximate surface area is 159 Å². The zero-order valence-corrected chi connectivity index (χ0v) is 15.0. The van der Waals surface area contributed by atoms with Crippen molar-refractivity contribution in [3.8, 4) is 0 Å². The van der Waals surface area contributed by atoms with Crippen molar-refractivity contribution in [1.82, 2.24) is 5.32 Å². The van der Waals surface area contributed by atoms with Crippen LogP contribution in [0.3, 0.4) is 0 Å². The summed E-state index contributed by atoms with van der Waals surface area (Å²) >= 11 is 0. The lowest BCUT2D eigenvalue weighted by molar-refractivity contribution is -0.137. The number of carbonyl (C=O) groups is 3. The number of fused-ring (bicyclic) bond motifs is 1. The van der Waals surface area contributed by atoms with Crippen molar-refractivity contribution in [2.75, 3.05) is 18.5 Å². The van der Waals surface area contributed by atoms with Gasteiger partial charge in [-0.05, 0) is 48.0 Å². The molecule has 1 aliphatic rings. The van der Waals surface area contributed by atoms with Crippen molar-refractivity contribution in [2.45, 2.75) is 19.0 Å². The first kappa shape index (κ1) is 19.6. The second kappa shape index (κ2) is 7.46. The number of hydrogen-bond acceptors (Lipinski definition) is 3. The zero-order valence-electron chi connectivity index (χ0n) is 15.0. The van der Waals surface area contributed by atoms with Crippen LogP contribution in [-0.4, -0.2) is 31.2 Å². The fraction of sp³-hybridized carbons (Fsp3) is 0.250. The van der Waals surface area contributed by atoms with Gasteiger partial charge in [-0.25, -0.2) is 0 Å². The second-order valence-corrected chi connectivity index (χ2v) is 6.48. The van der Waals surface area contributed by atoms with E-state index in [1.807, 2.05) is 0 Å². The maximum Gasteiger partial charge on any atom is 0.416 e. The molecular weight excluding hydrogens is 373 g/mol. The maximum atomic E-state index is 12.5. The van der Waals surface area contributed by atoms with Gasteiger partial charge in [-0.15, -0.1) is 0 Å². The number of rotatable bonds is 5. The molecule has 2 aromatic carbocycles. The number of Topliss-reactive ketones (excluding diaryl/α,β-unsaturated/α-hetero) is 1. The molecule has 0 spiro atoms. The Kier molecular flexibility index (Phi) is 5.22. The van der Waals surface area contributed by atoms with Crippen LogP contribution in [0.2, 0.25) is 0 Å². The monoisotopic (exact) mass is 390 g/mol. The summed E-state index contributed by atoms with van der Waals surface area (Å²) in [6.45, 7) is 0.0502. The summed E-state index contributed by atoms with van der Waals surface area (Å²) in [5.41, 5.74) is 1.26. The SMILES string of the molecule is CN1C(=O)Cc2cc(C(=O)CCNC(=O)c3ccc(C(F)(F)F)cc3)ccc21. The van der Waals surface area contributed by atoms with E-state index in [4.69, 9.17) is 0 Å². The molecule has 1 aliphatic heterocycles. The number of halogens is 3.